The van der Waals surface area contributed by atoms with Crippen molar-refractivity contribution in [1.29, 1.82) is 0 Å². The van der Waals surface area contributed by atoms with Crippen molar-refractivity contribution in [2.45, 2.75) is 38.2 Å². The molecule has 0 aliphatic carbocycles. The van der Waals surface area contributed by atoms with Crippen LogP contribution in [0.15, 0.2) is 41.3 Å². The molecule has 0 N–H and O–H groups in total. The number of hydrogen-bond acceptors (Lipinski definition) is 4. The Balaban J connectivity index is 1.80. The first-order valence-electron chi connectivity index (χ1n) is 9.22. The number of rotatable bonds is 5. The molecule has 1 heterocycles. The molecule has 0 aromatic heterocycles. The molecule has 150 valence electrons. The number of aryl methyl sites for hydroxylation is 2. The van der Waals surface area contributed by atoms with Crippen molar-refractivity contribution in [3.05, 3.63) is 53.1 Å². The molecule has 1 aliphatic heterocycles. The molecule has 1 aliphatic rings. The lowest BCUT2D eigenvalue weighted by Gasteiger charge is -2.23. The highest BCUT2D eigenvalue weighted by Crippen LogP contribution is 2.32. The lowest BCUT2D eigenvalue weighted by Crippen LogP contribution is -2.39. The van der Waals surface area contributed by atoms with Gasteiger partial charge < -0.3 is 9.64 Å². The van der Waals surface area contributed by atoms with E-state index in [2.05, 4.69) is 0 Å². The third kappa shape index (κ3) is 3.77. The van der Waals surface area contributed by atoms with Crippen LogP contribution in [0.1, 0.15) is 23.6 Å². The highest BCUT2D eigenvalue weighted by molar-refractivity contribution is 7.89. The van der Waals surface area contributed by atoms with Crippen molar-refractivity contribution in [3.63, 3.8) is 0 Å². The van der Waals surface area contributed by atoms with E-state index in [1.807, 2.05) is 32.0 Å². The maximum absolute atomic E-state index is 13.0. The molecule has 1 atom stereocenters. The van der Waals surface area contributed by atoms with Crippen LogP contribution in [0.3, 0.4) is 0 Å². The van der Waals surface area contributed by atoms with Crippen molar-refractivity contribution in [2.24, 2.45) is 0 Å². The van der Waals surface area contributed by atoms with Crippen LogP contribution in [0.5, 0.6) is 5.75 Å². The fourth-order valence-corrected chi connectivity index (χ4v) is 4.32. The lowest BCUT2D eigenvalue weighted by molar-refractivity contribution is -0.124. The Morgan fingerprint density at radius 2 is 1.86 bits per heavy atom. The summed E-state index contributed by atoms with van der Waals surface area (Å²) in [6.07, 6.45) is -0.0220. The third-order valence-electron chi connectivity index (χ3n) is 4.97. The Bertz CT molecular complexity index is 1020. The minimum absolute atomic E-state index is 0.137. The minimum atomic E-state index is -3.50. The number of benzene rings is 2. The van der Waals surface area contributed by atoms with E-state index in [0.29, 0.717) is 18.7 Å². The van der Waals surface area contributed by atoms with Gasteiger partial charge in [-0.3, -0.25) is 4.79 Å². The van der Waals surface area contributed by atoms with Gasteiger partial charge in [0.15, 0.2) is 6.10 Å². The van der Waals surface area contributed by atoms with Gasteiger partial charge in [-0.05, 0) is 62.6 Å². The summed E-state index contributed by atoms with van der Waals surface area (Å²) in [6.45, 7) is 6.22. The van der Waals surface area contributed by atoms with E-state index in [9.17, 15) is 13.2 Å². The number of ether oxygens (including phenoxy) is 1. The van der Waals surface area contributed by atoms with Crippen LogP contribution in [-0.2, 0) is 21.2 Å². The van der Waals surface area contributed by atoms with Crippen LogP contribution < -0.4 is 9.64 Å². The average molecular weight is 403 g/mol. The van der Waals surface area contributed by atoms with Crippen LogP contribution in [0, 0.1) is 13.8 Å². The molecule has 0 saturated carbocycles. The molecule has 2 aromatic rings. The summed E-state index contributed by atoms with van der Waals surface area (Å²) in [5.41, 5.74) is 3.73. The summed E-state index contributed by atoms with van der Waals surface area (Å²) in [5.74, 6) is 0.556. The number of fused-ring (bicyclic) bond motifs is 1. The Morgan fingerprint density at radius 3 is 2.50 bits per heavy atom. The molecule has 6 nitrogen and oxygen atoms in total. The number of carbonyl (C=O) groups is 1. The highest BCUT2D eigenvalue weighted by atomic mass is 32.2. The van der Waals surface area contributed by atoms with Gasteiger partial charge in [-0.2, -0.15) is 0 Å². The maximum Gasteiger partial charge on any atom is 0.267 e. The average Bonchev–Trinajstić information content (AvgIpc) is 3.06. The van der Waals surface area contributed by atoms with Crippen molar-refractivity contribution >= 4 is 21.6 Å². The first-order chi connectivity index (χ1) is 13.1. The predicted molar refractivity (Wildman–Crippen MR) is 109 cm³/mol. The SMILES string of the molecule is Cc1ccc(OC(C)C(=O)N2CCc3cc(S(=O)(=O)N(C)C)ccc32)c(C)c1. The summed E-state index contributed by atoms with van der Waals surface area (Å²) in [4.78, 5) is 14.9. The van der Waals surface area contributed by atoms with Crippen LogP contribution >= 0.6 is 0 Å². The number of carbonyl (C=O) groups excluding carboxylic acids is 1. The zero-order valence-corrected chi connectivity index (χ0v) is 17.7. The maximum atomic E-state index is 13.0. The second-order valence-electron chi connectivity index (χ2n) is 7.35. The summed E-state index contributed by atoms with van der Waals surface area (Å²) in [7, 11) is -0.487. The Kier molecular flexibility index (Phi) is 5.50. The fraction of sp³-hybridized carbons (Fsp3) is 0.381. The molecule has 28 heavy (non-hydrogen) atoms. The molecule has 1 unspecified atom stereocenters. The van der Waals surface area contributed by atoms with Crippen molar-refractivity contribution in [3.8, 4) is 5.75 Å². The first-order valence-corrected chi connectivity index (χ1v) is 10.7. The third-order valence-corrected chi connectivity index (χ3v) is 6.78. The monoisotopic (exact) mass is 402 g/mol. The second-order valence-corrected chi connectivity index (χ2v) is 9.50. The molecule has 0 spiro atoms. The Labute approximate surface area is 166 Å². The summed E-state index contributed by atoms with van der Waals surface area (Å²) in [6, 6.07) is 10.8. The number of anilines is 1. The molecule has 1 amide bonds. The highest BCUT2D eigenvalue weighted by Gasteiger charge is 2.30. The van der Waals surface area contributed by atoms with E-state index < -0.39 is 16.1 Å². The zero-order valence-electron chi connectivity index (χ0n) is 16.9. The number of hydrogen-bond donors (Lipinski definition) is 0. The van der Waals surface area contributed by atoms with Gasteiger partial charge in [-0.15, -0.1) is 0 Å². The lowest BCUT2D eigenvalue weighted by atomic mass is 10.1. The van der Waals surface area contributed by atoms with E-state index in [4.69, 9.17) is 4.74 Å². The van der Waals surface area contributed by atoms with Gasteiger partial charge in [0.2, 0.25) is 10.0 Å². The smallest absolute Gasteiger partial charge is 0.267 e. The molecule has 3 rings (SSSR count). The van der Waals surface area contributed by atoms with E-state index in [0.717, 1.165) is 22.4 Å². The predicted octanol–water partition coefficient (Wildman–Crippen LogP) is 2.91. The molecule has 0 bridgehead atoms. The molecular formula is C21H26N2O4S. The normalized spacial score (nSPS) is 14.9. The van der Waals surface area contributed by atoms with E-state index in [1.165, 1.54) is 18.4 Å². The fourth-order valence-electron chi connectivity index (χ4n) is 3.37. The van der Waals surface area contributed by atoms with Crippen LogP contribution in [0.4, 0.5) is 5.69 Å². The molecule has 2 aromatic carbocycles. The first kappa shape index (κ1) is 20.4. The standard InChI is InChI=1S/C21H26N2O4S/c1-14-6-9-20(15(2)12-14)27-16(3)21(24)23-11-10-17-13-18(7-8-19(17)23)28(25,26)22(4)5/h6-9,12-13,16H,10-11H2,1-5H3. The molecule has 0 radical (unpaired) electrons. The van der Waals surface area contributed by atoms with Crippen molar-refractivity contribution in [2.75, 3.05) is 25.5 Å². The largest absolute Gasteiger partial charge is 0.481 e. The molecule has 0 saturated heterocycles. The van der Waals surface area contributed by atoms with Crippen molar-refractivity contribution < 1.29 is 17.9 Å². The van der Waals surface area contributed by atoms with Gasteiger partial charge in [0.05, 0.1) is 4.90 Å². The topological polar surface area (TPSA) is 66.9 Å². The summed E-state index contributed by atoms with van der Waals surface area (Å²) in [5, 5.41) is 0. The minimum Gasteiger partial charge on any atom is -0.481 e. The molecule has 0 fully saturated rings. The quantitative estimate of drug-likeness (QED) is 0.771. The second kappa shape index (κ2) is 7.56. The zero-order chi connectivity index (χ0) is 20.6. The van der Waals surface area contributed by atoms with E-state index >= 15 is 0 Å². The number of sulfonamides is 1. The van der Waals surface area contributed by atoms with Gasteiger partial charge in [-0.25, -0.2) is 12.7 Å². The number of amides is 1. The van der Waals surface area contributed by atoms with Gasteiger partial charge in [-0.1, -0.05) is 17.7 Å². The van der Waals surface area contributed by atoms with Gasteiger partial charge in [0.1, 0.15) is 5.75 Å². The van der Waals surface area contributed by atoms with Crippen molar-refractivity contribution in [1.82, 2.24) is 4.31 Å². The Hall–Kier alpha value is -2.38. The van der Waals surface area contributed by atoms with Gasteiger partial charge >= 0.3 is 0 Å². The Morgan fingerprint density at radius 1 is 1.14 bits per heavy atom. The van der Waals surface area contributed by atoms with Gasteiger partial charge in [0, 0.05) is 26.3 Å². The summed E-state index contributed by atoms with van der Waals surface area (Å²) < 4.78 is 31.8. The summed E-state index contributed by atoms with van der Waals surface area (Å²) >= 11 is 0. The van der Waals surface area contributed by atoms with Crippen LogP contribution in [0.25, 0.3) is 0 Å². The number of nitrogens with zero attached hydrogens (tertiary/aromatic N) is 2. The van der Waals surface area contributed by atoms with Gasteiger partial charge in [0.25, 0.3) is 5.91 Å². The van der Waals surface area contributed by atoms with E-state index in [-0.39, 0.29) is 10.8 Å². The molecule has 7 heteroatoms. The van der Waals surface area contributed by atoms with Crippen LogP contribution in [-0.4, -0.2) is 45.4 Å². The molecular weight excluding hydrogens is 376 g/mol. The van der Waals surface area contributed by atoms with Crippen LogP contribution in [0.2, 0.25) is 0 Å². The van der Waals surface area contributed by atoms with E-state index in [1.54, 1.807) is 30.0 Å².